The first kappa shape index (κ1) is 7.53. The van der Waals surface area contributed by atoms with Crippen LogP contribution in [0.25, 0.3) is 0 Å². The minimum absolute atomic E-state index is 0.556. The van der Waals surface area contributed by atoms with Crippen LogP contribution < -0.4 is 0 Å². The molecular formula is C9H13N3. The van der Waals surface area contributed by atoms with Crippen molar-refractivity contribution in [3.8, 4) is 0 Å². The molecule has 0 saturated carbocycles. The standard InChI is InChI=1S/C9H13N3/c1-7(2)8-3-4-9-10-5-6-12(9)11-8/h5-7H,3-4H2,1-2H3. The van der Waals surface area contributed by atoms with Crippen LogP contribution in [-0.2, 0) is 6.42 Å². The van der Waals surface area contributed by atoms with Crippen molar-refractivity contribution in [1.29, 1.82) is 0 Å². The Bertz CT molecular complexity index is 309. The zero-order valence-electron chi connectivity index (χ0n) is 7.49. The van der Waals surface area contributed by atoms with Gasteiger partial charge in [-0.05, 0) is 12.3 Å². The summed E-state index contributed by atoms with van der Waals surface area (Å²) in [4.78, 5) is 4.21. The first-order chi connectivity index (χ1) is 5.77. The maximum atomic E-state index is 4.48. The smallest absolute Gasteiger partial charge is 0.130 e. The topological polar surface area (TPSA) is 30.2 Å². The van der Waals surface area contributed by atoms with Gasteiger partial charge in [0, 0.05) is 24.5 Å². The summed E-state index contributed by atoms with van der Waals surface area (Å²) < 4.78 is 1.89. The first-order valence-corrected chi connectivity index (χ1v) is 4.37. The lowest BCUT2D eigenvalue weighted by Gasteiger charge is -2.15. The van der Waals surface area contributed by atoms with Crippen molar-refractivity contribution in [2.24, 2.45) is 11.0 Å². The Morgan fingerprint density at radius 2 is 2.25 bits per heavy atom. The fraction of sp³-hybridized carbons (Fsp3) is 0.556. The predicted octanol–water partition coefficient (Wildman–Crippen LogP) is 1.69. The number of imidazole rings is 1. The third-order valence-electron chi connectivity index (χ3n) is 2.20. The molecule has 0 saturated heterocycles. The SMILES string of the molecule is CC(C)C1=Nn2ccnc2CC1. The van der Waals surface area contributed by atoms with Crippen molar-refractivity contribution >= 4 is 5.71 Å². The zero-order valence-corrected chi connectivity index (χ0v) is 7.49. The van der Waals surface area contributed by atoms with Crippen LogP contribution in [0, 0.1) is 5.92 Å². The molecule has 64 valence electrons. The molecule has 0 bridgehead atoms. The van der Waals surface area contributed by atoms with Crippen LogP contribution in [0.2, 0.25) is 0 Å². The summed E-state index contributed by atoms with van der Waals surface area (Å²) in [5.41, 5.74) is 1.28. The lowest BCUT2D eigenvalue weighted by Crippen LogP contribution is -2.17. The van der Waals surface area contributed by atoms with Crippen LogP contribution in [-0.4, -0.2) is 15.4 Å². The van der Waals surface area contributed by atoms with Crippen molar-refractivity contribution in [1.82, 2.24) is 9.66 Å². The predicted molar refractivity (Wildman–Crippen MR) is 48.2 cm³/mol. The molecule has 0 atom stereocenters. The van der Waals surface area contributed by atoms with E-state index in [0.717, 1.165) is 18.7 Å². The van der Waals surface area contributed by atoms with Gasteiger partial charge in [0.25, 0.3) is 0 Å². The summed E-state index contributed by atoms with van der Waals surface area (Å²) in [6.07, 6.45) is 5.82. The normalized spacial score (nSPS) is 16.1. The molecule has 0 N–H and O–H groups in total. The van der Waals surface area contributed by atoms with Gasteiger partial charge in [0.05, 0.1) is 0 Å². The van der Waals surface area contributed by atoms with Crippen molar-refractivity contribution in [3.05, 3.63) is 18.2 Å². The van der Waals surface area contributed by atoms with Gasteiger partial charge >= 0.3 is 0 Å². The summed E-state index contributed by atoms with van der Waals surface area (Å²) >= 11 is 0. The van der Waals surface area contributed by atoms with E-state index in [1.165, 1.54) is 5.71 Å². The van der Waals surface area contributed by atoms with Crippen LogP contribution in [0.4, 0.5) is 0 Å². The highest BCUT2D eigenvalue weighted by Gasteiger charge is 2.14. The molecule has 3 heteroatoms. The largest absolute Gasteiger partial charge is 0.240 e. The Morgan fingerprint density at radius 3 is 3.00 bits per heavy atom. The third kappa shape index (κ3) is 1.15. The highest BCUT2D eigenvalue weighted by Crippen LogP contribution is 2.13. The maximum absolute atomic E-state index is 4.48. The van der Waals surface area contributed by atoms with E-state index in [0.29, 0.717) is 5.92 Å². The van der Waals surface area contributed by atoms with E-state index in [1.54, 1.807) is 0 Å². The molecule has 1 aromatic heterocycles. The Hall–Kier alpha value is -1.12. The minimum atomic E-state index is 0.556. The second-order valence-corrected chi connectivity index (χ2v) is 3.43. The summed E-state index contributed by atoms with van der Waals surface area (Å²) in [6.45, 7) is 4.36. The van der Waals surface area contributed by atoms with Crippen molar-refractivity contribution in [2.75, 3.05) is 0 Å². The summed E-state index contributed by atoms with van der Waals surface area (Å²) in [5.74, 6) is 1.64. The van der Waals surface area contributed by atoms with Gasteiger partial charge < -0.3 is 0 Å². The van der Waals surface area contributed by atoms with E-state index < -0.39 is 0 Å². The lowest BCUT2D eigenvalue weighted by molar-refractivity contribution is 0.691. The minimum Gasteiger partial charge on any atom is -0.240 e. The molecule has 0 fully saturated rings. The number of hydrogen-bond donors (Lipinski definition) is 0. The van der Waals surface area contributed by atoms with E-state index in [2.05, 4.69) is 23.9 Å². The number of fused-ring (bicyclic) bond motifs is 1. The molecule has 2 rings (SSSR count). The number of aryl methyl sites for hydroxylation is 1. The second kappa shape index (κ2) is 2.73. The quantitative estimate of drug-likeness (QED) is 0.619. The van der Waals surface area contributed by atoms with E-state index in [1.807, 2.05) is 17.1 Å². The highest BCUT2D eigenvalue weighted by molar-refractivity contribution is 5.86. The van der Waals surface area contributed by atoms with Gasteiger partial charge in [0.1, 0.15) is 5.82 Å². The van der Waals surface area contributed by atoms with Gasteiger partial charge in [0.15, 0.2) is 0 Å². The molecule has 0 aromatic carbocycles. The molecule has 0 aliphatic carbocycles. The van der Waals surface area contributed by atoms with Crippen molar-refractivity contribution in [3.63, 3.8) is 0 Å². The lowest BCUT2D eigenvalue weighted by atomic mass is 10.0. The van der Waals surface area contributed by atoms with Crippen LogP contribution in [0.15, 0.2) is 17.5 Å². The number of hydrogen-bond acceptors (Lipinski definition) is 2. The zero-order chi connectivity index (χ0) is 8.55. The van der Waals surface area contributed by atoms with Crippen LogP contribution in [0.3, 0.4) is 0 Å². The van der Waals surface area contributed by atoms with E-state index >= 15 is 0 Å². The van der Waals surface area contributed by atoms with E-state index in [-0.39, 0.29) is 0 Å². The molecule has 12 heavy (non-hydrogen) atoms. The molecule has 2 heterocycles. The van der Waals surface area contributed by atoms with Crippen LogP contribution in [0.5, 0.6) is 0 Å². The number of aromatic nitrogens is 2. The fourth-order valence-electron chi connectivity index (χ4n) is 1.43. The Balaban J connectivity index is 2.35. The van der Waals surface area contributed by atoms with Crippen LogP contribution >= 0.6 is 0 Å². The van der Waals surface area contributed by atoms with Crippen molar-refractivity contribution < 1.29 is 0 Å². The maximum Gasteiger partial charge on any atom is 0.130 e. The molecule has 0 radical (unpaired) electrons. The molecule has 1 aromatic rings. The second-order valence-electron chi connectivity index (χ2n) is 3.43. The van der Waals surface area contributed by atoms with Gasteiger partial charge in [-0.25, -0.2) is 9.66 Å². The molecular weight excluding hydrogens is 150 g/mol. The van der Waals surface area contributed by atoms with Gasteiger partial charge in [-0.2, -0.15) is 5.10 Å². The molecule has 1 aliphatic rings. The Morgan fingerprint density at radius 1 is 1.42 bits per heavy atom. The molecule has 0 amide bonds. The summed E-state index contributed by atoms with van der Waals surface area (Å²) in [6, 6.07) is 0. The third-order valence-corrected chi connectivity index (χ3v) is 2.20. The molecule has 0 spiro atoms. The van der Waals surface area contributed by atoms with Gasteiger partial charge in [-0.1, -0.05) is 13.8 Å². The van der Waals surface area contributed by atoms with E-state index in [4.69, 9.17) is 0 Å². The summed E-state index contributed by atoms with van der Waals surface area (Å²) in [7, 11) is 0. The average molecular weight is 163 g/mol. The first-order valence-electron chi connectivity index (χ1n) is 4.37. The fourth-order valence-corrected chi connectivity index (χ4v) is 1.43. The Labute approximate surface area is 72.1 Å². The monoisotopic (exact) mass is 163 g/mol. The summed E-state index contributed by atoms with van der Waals surface area (Å²) in [5, 5.41) is 4.48. The molecule has 1 aliphatic heterocycles. The molecule has 0 unspecified atom stereocenters. The molecule has 3 nitrogen and oxygen atoms in total. The number of rotatable bonds is 1. The van der Waals surface area contributed by atoms with Gasteiger partial charge in [-0.15, -0.1) is 0 Å². The van der Waals surface area contributed by atoms with Gasteiger partial charge in [-0.3, -0.25) is 0 Å². The average Bonchev–Trinajstić information content (AvgIpc) is 2.49. The van der Waals surface area contributed by atoms with E-state index in [9.17, 15) is 0 Å². The highest BCUT2D eigenvalue weighted by atomic mass is 15.4. The Kier molecular flexibility index (Phi) is 1.71. The van der Waals surface area contributed by atoms with Crippen molar-refractivity contribution in [2.45, 2.75) is 26.7 Å². The van der Waals surface area contributed by atoms with Crippen LogP contribution in [0.1, 0.15) is 26.1 Å². The van der Waals surface area contributed by atoms with Gasteiger partial charge in [0.2, 0.25) is 0 Å². The number of nitrogens with zero attached hydrogens (tertiary/aromatic N) is 3.